The van der Waals surface area contributed by atoms with E-state index in [0.29, 0.717) is 16.9 Å². The molecule has 2 aromatic carbocycles. The van der Waals surface area contributed by atoms with Gasteiger partial charge in [0, 0.05) is 36.3 Å². The molecule has 160 valence electrons. The summed E-state index contributed by atoms with van der Waals surface area (Å²) in [6.07, 6.45) is -1.23. The van der Waals surface area contributed by atoms with E-state index in [9.17, 15) is 13.2 Å². The Morgan fingerprint density at radius 2 is 1.77 bits per heavy atom. The number of rotatable bonds is 3. The summed E-state index contributed by atoms with van der Waals surface area (Å²) in [6, 6.07) is 14.4. The second-order valence-electron chi connectivity index (χ2n) is 7.68. The standard InChI is InChI=1S/C22H20F3N5O/c23-22(24,25)31-17-3-5-20-19(12-17)27-13-30(20)21-6-1-14-11-16(2-4-18(14)28-21)29-9-7-15(26)8-10-29/h1-6,11-13,15H,7-10,26H2. The van der Waals surface area contributed by atoms with Crippen molar-refractivity contribution in [1.82, 2.24) is 14.5 Å². The Bertz CT molecular complexity index is 1250. The number of ether oxygens (including phenoxy) is 1. The monoisotopic (exact) mass is 427 g/mol. The van der Waals surface area contributed by atoms with Crippen LogP contribution in [0.25, 0.3) is 27.8 Å². The predicted molar refractivity (Wildman–Crippen MR) is 112 cm³/mol. The van der Waals surface area contributed by atoms with Crippen LogP contribution < -0.4 is 15.4 Å². The molecule has 0 unspecified atom stereocenters. The topological polar surface area (TPSA) is 69.2 Å². The van der Waals surface area contributed by atoms with Crippen LogP contribution in [0.1, 0.15) is 12.8 Å². The highest BCUT2D eigenvalue weighted by Gasteiger charge is 2.31. The smallest absolute Gasteiger partial charge is 0.406 e. The van der Waals surface area contributed by atoms with Crippen molar-refractivity contribution in [3.8, 4) is 11.6 Å². The molecule has 1 saturated heterocycles. The minimum Gasteiger partial charge on any atom is -0.406 e. The quantitative estimate of drug-likeness (QED) is 0.525. The minimum absolute atomic E-state index is 0.280. The Labute approximate surface area is 176 Å². The number of fused-ring (bicyclic) bond motifs is 2. The van der Waals surface area contributed by atoms with Crippen LogP contribution in [-0.2, 0) is 0 Å². The highest BCUT2D eigenvalue weighted by molar-refractivity contribution is 5.84. The Balaban J connectivity index is 1.45. The zero-order valence-electron chi connectivity index (χ0n) is 16.5. The molecule has 0 atom stereocenters. The van der Waals surface area contributed by atoms with Gasteiger partial charge in [-0.2, -0.15) is 0 Å². The molecule has 1 aliphatic rings. The first kappa shape index (κ1) is 19.6. The van der Waals surface area contributed by atoms with Crippen LogP contribution in [0.4, 0.5) is 18.9 Å². The molecule has 9 heteroatoms. The molecule has 5 rings (SSSR count). The van der Waals surface area contributed by atoms with E-state index in [2.05, 4.69) is 26.8 Å². The zero-order valence-corrected chi connectivity index (χ0v) is 16.5. The van der Waals surface area contributed by atoms with E-state index in [1.54, 1.807) is 17.0 Å². The lowest BCUT2D eigenvalue weighted by Gasteiger charge is -2.32. The van der Waals surface area contributed by atoms with E-state index in [4.69, 9.17) is 10.7 Å². The number of imidazole rings is 1. The molecule has 0 radical (unpaired) electrons. The van der Waals surface area contributed by atoms with E-state index in [1.165, 1.54) is 12.1 Å². The summed E-state index contributed by atoms with van der Waals surface area (Å²) in [7, 11) is 0. The van der Waals surface area contributed by atoms with E-state index < -0.39 is 6.36 Å². The maximum absolute atomic E-state index is 12.5. The highest BCUT2D eigenvalue weighted by Crippen LogP contribution is 2.28. The summed E-state index contributed by atoms with van der Waals surface area (Å²) in [5.41, 5.74) is 9.01. The lowest BCUT2D eigenvalue weighted by atomic mass is 10.0. The lowest BCUT2D eigenvalue weighted by molar-refractivity contribution is -0.274. The molecular weight excluding hydrogens is 407 g/mol. The first-order valence-electron chi connectivity index (χ1n) is 10.0. The predicted octanol–water partition coefficient (Wildman–Crippen LogP) is 4.40. The number of nitrogens with zero attached hydrogens (tertiary/aromatic N) is 4. The van der Waals surface area contributed by atoms with Crippen LogP contribution in [-0.4, -0.2) is 40.0 Å². The van der Waals surface area contributed by atoms with Crippen LogP contribution in [0, 0.1) is 0 Å². The highest BCUT2D eigenvalue weighted by atomic mass is 19.4. The van der Waals surface area contributed by atoms with Gasteiger partial charge in [0.2, 0.25) is 0 Å². The minimum atomic E-state index is -4.74. The molecule has 0 aliphatic carbocycles. The number of nitrogens with two attached hydrogens (primary N) is 1. The van der Waals surface area contributed by atoms with Crippen molar-refractivity contribution in [2.75, 3.05) is 18.0 Å². The Hall–Kier alpha value is -3.33. The number of hydrogen-bond acceptors (Lipinski definition) is 5. The van der Waals surface area contributed by atoms with Crippen molar-refractivity contribution in [1.29, 1.82) is 0 Å². The molecule has 6 nitrogen and oxygen atoms in total. The molecule has 2 aromatic heterocycles. The van der Waals surface area contributed by atoms with Gasteiger partial charge >= 0.3 is 6.36 Å². The molecule has 2 N–H and O–H groups in total. The van der Waals surface area contributed by atoms with Crippen LogP contribution in [0.15, 0.2) is 54.9 Å². The largest absolute Gasteiger partial charge is 0.573 e. The van der Waals surface area contributed by atoms with Crippen molar-refractivity contribution in [2.24, 2.45) is 5.73 Å². The normalized spacial score (nSPS) is 15.7. The van der Waals surface area contributed by atoms with Crippen LogP contribution >= 0.6 is 0 Å². The van der Waals surface area contributed by atoms with Gasteiger partial charge in [-0.05, 0) is 55.3 Å². The Kier molecular flexibility index (Phi) is 4.70. The van der Waals surface area contributed by atoms with Gasteiger partial charge in [-0.1, -0.05) is 0 Å². The summed E-state index contributed by atoms with van der Waals surface area (Å²) >= 11 is 0. The fourth-order valence-electron chi connectivity index (χ4n) is 3.96. The number of piperidine rings is 1. The third-order valence-corrected chi connectivity index (χ3v) is 5.56. The zero-order chi connectivity index (χ0) is 21.6. The number of benzene rings is 2. The third-order valence-electron chi connectivity index (χ3n) is 5.56. The van der Waals surface area contributed by atoms with Crippen LogP contribution in [0.3, 0.4) is 0 Å². The molecule has 0 bridgehead atoms. The van der Waals surface area contributed by atoms with Gasteiger partial charge in [0.25, 0.3) is 0 Å². The molecule has 31 heavy (non-hydrogen) atoms. The lowest BCUT2D eigenvalue weighted by Crippen LogP contribution is -2.39. The molecule has 0 amide bonds. The number of alkyl halides is 3. The van der Waals surface area contributed by atoms with Crippen molar-refractivity contribution < 1.29 is 17.9 Å². The fourth-order valence-corrected chi connectivity index (χ4v) is 3.96. The summed E-state index contributed by atoms with van der Waals surface area (Å²) in [6.45, 7) is 1.89. The van der Waals surface area contributed by atoms with Gasteiger partial charge in [0.1, 0.15) is 17.9 Å². The van der Waals surface area contributed by atoms with Crippen molar-refractivity contribution in [2.45, 2.75) is 25.2 Å². The van der Waals surface area contributed by atoms with Gasteiger partial charge in [0.05, 0.1) is 16.6 Å². The first-order valence-corrected chi connectivity index (χ1v) is 10.0. The van der Waals surface area contributed by atoms with E-state index >= 15 is 0 Å². The number of hydrogen-bond donors (Lipinski definition) is 1. The second kappa shape index (κ2) is 7.42. The summed E-state index contributed by atoms with van der Waals surface area (Å²) < 4.78 is 43.1. The summed E-state index contributed by atoms with van der Waals surface area (Å²) in [5.74, 6) is 0.333. The number of halogens is 3. The summed E-state index contributed by atoms with van der Waals surface area (Å²) in [5, 5.41) is 1.02. The van der Waals surface area contributed by atoms with E-state index in [1.807, 2.05) is 18.2 Å². The number of anilines is 1. The molecule has 0 saturated carbocycles. The summed E-state index contributed by atoms with van der Waals surface area (Å²) in [4.78, 5) is 11.3. The van der Waals surface area contributed by atoms with Gasteiger partial charge in [0.15, 0.2) is 0 Å². The molecular formula is C22H20F3N5O. The van der Waals surface area contributed by atoms with Gasteiger partial charge in [-0.25, -0.2) is 9.97 Å². The Morgan fingerprint density at radius 1 is 0.968 bits per heavy atom. The second-order valence-corrected chi connectivity index (χ2v) is 7.68. The maximum atomic E-state index is 12.5. The molecule has 1 fully saturated rings. The average molecular weight is 427 g/mol. The van der Waals surface area contributed by atoms with Gasteiger partial charge in [-0.3, -0.25) is 4.57 Å². The fraction of sp³-hybridized carbons (Fsp3) is 0.273. The van der Waals surface area contributed by atoms with Crippen molar-refractivity contribution in [3.63, 3.8) is 0 Å². The van der Waals surface area contributed by atoms with Gasteiger partial charge in [-0.15, -0.1) is 13.2 Å². The van der Waals surface area contributed by atoms with Crippen LogP contribution in [0.5, 0.6) is 5.75 Å². The SMILES string of the molecule is NC1CCN(c2ccc3nc(-n4cnc5cc(OC(F)(F)F)ccc54)ccc3c2)CC1. The molecule has 3 heterocycles. The number of pyridine rings is 1. The van der Waals surface area contributed by atoms with E-state index in [-0.39, 0.29) is 11.8 Å². The van der Waals surface area contributed by atoms with Gasteiger partial charge < -0.3 is 15.4 Å². The first-order chi connectivity index (χ1) is 14.9. The van der Waals surface area contributed by atoms with Crippen LogP contribution in [0.2, 0.25) is 0 Å². The Morgan fingerprint density at radius 3 is 2.55 bits per heavy atom. The molecule has 1 aliphatic heterocycles. The third kappa shape index (κ3) is 4.00. The van der Waals surface area contributed by atoms with E-state index in [0.717, 1.165) is 42.5 Å². The molecule has 4 aromatic rings. The molecule has 0 spiro atoms. The maximum Gasteiger partial charge on any atom is 0.573 e. The number of aromatic nitrogens is 3. The van der Waals surface area contributed by atoms with Crippen molar-refractivity contribution >= 4 is 27.6 Å². The average Bonchev–Trinajstić information content (AvgIpc) is 3.15. The van der Waals surface area contributed by atoms with Crippen molar-refractivity contribution in [3.05, 3.63) is 54.9 Å².